The number of rotatable bonds is 3. The molecular weight excluding hydrogens is 326 g/mol. The Bertz CT molecular complexity index is 954. The maximum atomic E-state index is 11.8. The first-order valence-corrected chi connectivity index (χ1v) is 8.56. The third kappa shape index (κ3) is 3.69. The molecule has 4 heteroatoms. The summed E-state index contributed by atoms with van der Waals surface area (Å²) in [6.07, 6.45) is 0. The molecule has 3 aromatic rings. The van der Waals surface area contributed by atoms with E-state index in [0.717, 1.165) is 22.3 Å². The smallest absolute Gasteiger partial charge is 0.337 e. The highest BCUT2D eigenvalue weighted by atomic mass is 16.5. The number of pyridine rings is 1. The molecule has 0 unspecified atom stereocenters. The van der Waals surface area contributed by atoms with Gasteiger partial charge in [-0.15, -0.1) is 0 Å². The second-order valence-corrected chi connectivity index (χ2v) is 7.36. The fourth-order valence-electron chi connectivity index (χ4n) is 2.80. The van der Waals surface area contributed by atoms with Gasteiger partial charge >= 0.3 is 5.97 Å². The Morgan fingerprint density at radius 3 is 2.31 bits per heavy atom. The van der Waals surface area contributed by atoms with Crippen molar-refractivity contribution in [3.05, 3.63) is 65.4 Å². The molecular formula is C22H23NO3. The predicted molar refractivity (Wildman–Crippen MR) is 103 cm³/mol. The summed E-state index contributed by atoms with van der Waals surface area (Å²) in [5.74, 6) is 1.03. The molecule has 4 nitrogen and oxygen atoms in total. The van der Waals surface area contributed by atoms with Crippen LogP contribution in [0.5, 0.6) is 11.5 Å². The number of ether oxygens (including phenoxy) is 2. The molecule has 2 aromatic carbocycles. The minimum absolute atomic E-state index is 0.0912. The number of nitrogens with zero attached hydrogens (tertiary/aromatic N) is 1. The molecule has 0 radical (unpaired) electrons. The number of aromatic nitrogens is 1. The minimum Gasteiger partial charge on any atom is -0.465 e. The zero-order chi connectivity index (χ0) is 18.9. The first-order valence-electron chi connectivity index (χ1n) is 8.56. The second-order valence-electron chi connectivity index (χ2n) is 7.36. The van der Waals surface area contributed by atoms with Crippen LogP contribution in [0.15, 0.2) is 48.5 Å². The predicted octanol–water partition coefficient (Wildman–Crippen LogP) is 5.42. The molecule has 0 fully saturated rings. The van der Waals surface area contributed by atoms with Gasteiger partial charge in [0.2, 0.25) is 0 Å². The van der Waals surface area contributed by atoms with Crippen LogP contribution in [-0.4, -0.2) is 18.1 Å². The summed E-state index contributed by atoms with van der Waals surface area (Å²) in [6.45, 7) is 8.45. The van der Waals surface area contributed by atoms with Crippen LogP contribution in [0.3, 0.4) is 0 Å². The Morgan fingerprint density at radius 2 is 1.69 bits per heavy atom. The van der Waals surface area contributed by atoms with E-state index in [1.807, 2.05) is 31.2 Å². The number of fused-ring (bicyclic) bond motifs is 1. The molecule has 0 saturated carbocycles. The molecule has 0 aliphatic rings. The van der Waals surface area contributed by atoms with Crippen LogP contribution < -0.4 is 4.74 Å². The fraction of sp³-hybridized carbons (Fsp3) is 0.273. The van der Waals surface area contributed by atoms with Crippen LogP contribution in [0.4, 0.5) is 0 Å². The molecule has 0 atom stereocenters. The summed E-state index contributed by atoms with van der Waals surface area (Å²) >= 11 is 0. The van der Waals surface area contributed by atoms with Crippen LogP contribution in [-0.2, 0) is 10.2 Å². The van der Waals surface area contributed by atoms with Crippen LogP contribution in [0.25, 0.3) is 10.9 Å². The van der Waals surface area contributed by atoms with Crippen molar-refractivity contribution in [1.29, 1.82) is 0 Å². The van der Waals surface area contributed by atoms with Gasteiger partial charge in [-0.2, -0.15) is 0 Å². The van der Waals surface area contributed by atoms with Crippen LogP contribution in [0.2, 0.25) is 0 Å². The molecule has 3 rings (SSSR count). The van der Waals surface area contributed by atoms with E-state index < -0.39 is 0 Å². The Hall–Kier alpha value is -2.88. The van der Waals surface area contributed by atoms with Crippen molar-refractivity contribution in [2.45, 2.75) is 33.1 Å². The van der Waals surface area contributed by atoms with E-state index in [9.17, 15) is 4.79 Å². The van der Waals surface area contributed by atoms with E-state index >= 15 is 0 Å². The van der Waals surface area contributed by atoms with Gasteiger partial charge in [0.05, 0.1) is 18.2 Å². The molecule has 0 N–H and O–H groups in total. The molecule has 0 aliphatic heterocycles. The molecule has 0 bridgehead atoms. The monoisotopic (exact) mass is 349 g/mol. The van der Waals surface area contributed by atoms with Crippen LogP contribution in [0.1, 0.15) is 42.4 Å². The lowest BCUT2D eigenvalue weighted by Crippen LogP contribution is -2.10. The van der Waals surface area contributed by atoms with E-state index in [0.29, 0.717) is 11.3 Å². The quantitative estimate of drug-likeness (QED) is 0.592. The first kappa shape index (κ1) is 17.9. The number of methoxy groups -OCH3 is 1. The van der Waals surface area contributed by atoms with Gasteiger partial charge in [0.1, 0.15) is 11.5 Å². The average molecular weight is 349 g/mol. The van der Waals surface area contributed by atoms with Gasteiger partial charge < -0.3 is 9.47 Å². The van der Waals surface area contributed by atoms with Gasteiger partial charge in [0, 0.05) is 17.1 Å². The number of hydrogen-bond donors (Lipinski definition) is 0. The van der Waals surface area contributed by atoms with Crippen molar-refractivity contribution < 1.29 is 14.3 Å². The number of esters is 1. The highest BCUT2D eigenvalue weighted by Gasteiger charge is 2.14. The maximum absolute atomic E-state index is 11.8. The van der Waals surface area contributed by atoms with Crippen molar-refractivity contribution in [2.75, 3.05) is 7.11 Å². The minimum atomic E-state index is -0.382. The lowest BCUT2D eigenvalue weighted by Gasteiger charge is -2.19. The SMILES string of the molecule is COC(=O)c1ccc2nc(C)cc(Oc3ccc(C(C)(C)C)cc3)c2c1. The Balaban J connectivity index is 2.02. The lowest BCUT2D eigenvalue weighted by molar-refractivity contribution is 0.0601. The topological polar surface area (TPSA) is 48.4 Å². The summed E-state index contributed by atoms with van der Waals surface area (Å²) in [5, 5.41) is 0.776. The standard InChI is InChI=1S/C22H23NO3/c1-14-12-20(26-17-9-7-16(8-10-17)22(2,3)4)18-13-15(21(24)25-5)6-11-19(18)23-14/h6-13H,1-5H3. The Morgan fingerprint density at radius 1 is 1.00 bits per heavy atom. The molecule has 26 heavy (non-hydrogen) atoms. The van der Waals surface area contributed by atoms with Gasteiger partial charge in [0.15, 0.2) is 0 Å². The summed E-state index contributed by atoms with van der Waals surface area (Å²) in [6, 6.07) is 15.2. The third-order valence-electron chi connectivity index (χ3n) is 4.27. The van der Waals surface area contributed by atoms with E-state index in [2.05, 4.69) is 37.9 Å². The normalized spacial score (nSPS) is 11.4. The highest BCUT2D eigenvalue weighted by Crippen LogP contribution is 2.32. The van der Waals surface area contributed by atoms with Crippen molar-refractivity contribution in [1.82, 2.24) is 4.98 Å². The molecule has 1 aromatic heterocycles. The number of benzene rings is 2. The molecule has 134 valence electrons. The average Bonchev–Trinajstić information content (AvgIpc) is 2.60. The zero-order valence-corrected chi connectivity index (χ0v) is 15.8. The molecule has 0 aliphatic carbocycles. The van der Waals surface area contributed by atoms with E-state index in [1.54, 1.807) is 12.1 Å². The Labute approximate surface area is 153 Å². The number of carbonyl (C=O) groups excluding carboxylic acids is 1. The van der Waals surface area contributed by atoms with Crippen molar-refractivity contribution in [3.8, 4) is 11.5 Å². The van der Waals surface area contributed by atoms with Gasteiger partial charge in [-0.1, -0.05) is 32.9 Å². The van der Waals surface area contributed by atoms with Crippen molar-refractivity contribution in [3.63, 3.8) is 0 Å². The van der Waals surface area contributed by atoms with Gasteiger partial charge in [-0.3, -0.25) is 4.98 Å². The number of carbonyl (C=O) groups is 1. The van der Waals surface area contributed by atoms with E-state index in [4.69, 9.17) is 9.47 Å². The summed E-state index contributed by atoms with van der Waals surface area (Å²) in [4.78, 5) is 16.4. The summed E-state index contributed by atoms with van der Waals surface area (Å²) < 4.78 is 10.9. The van der Waals surface area contributed by atoms with Crippen molar-refractivity contribution in [2.24, 2.45) is 0 Å². The fourth-order valence-corrected chi connectivity index (χ4v) is 2.80. The third-order valence-corrected chi connectivity index (χ3v) is 4.27. The zero-order valence-electron chi connectivity index (χ0n) is 15.8. The molecule has 0 saturated heterocycles. The first-order chi connectivity index (χ1) is 12.3. The summed E-state index contributed by atoms with van der Waals surface area (Å²) in [7, 11) is 1.37. The summed E-state index contributed by atoms with van der Waals surface area (Å²) in [5.41, 5.74) is 3.43. The molecule has 0 spiro atoms. The highest BCUT2D eigenvalue weighted by molar-refractivity contribution is 5.96. The van der Waals surface area contributed by atoms with Gasteiger partial charge in [-0.25, -0.2) is 4.79 Å². The number of hydrogen-bond acceptors (Lipinski definition) is 4. The largest absolute Gasteiger partial charge is 0.465 e. The van der Waals surface area contributed by atoms with E-state index in [1.165, 1.54) is 12.7 Å². The van der Waals surface area contributed by atoms with Crippen LogP contribution >= 0.6 is 0 Å². The van der Waals surface area contributed by atoms with Crippen LogP contribution in [0, 0.1) is 6.92 Å². The lowest BCUT2D eigenvalue weighted by atomic mass is 9.87. The Kier molecular flexibility index (Phi) is 4.68. The van der Waals surface area contributed by atoms with E-state index in [-0.39, 0.29) is 11.4 Å². The molecule has 1 heterocycles. The maximum Gasteiger partial charge on any atom is 0.337 e. The second kappa shape index (κ2) is 6.79. The van der Waals surface area contributed by atoms with Gasteiger partial charge in [-0.05, 0) is 48.2 Å². The molecule has 0 amide bonds. The van der Waals surface area contributed by atoms with Crippen molar-refractivity contribution >= 4 is 16.9 Å². The van der Waals surface area contributed by atoms with Gasteiger partial charge in [0.25, 0.3) is 0 Å². The number of aryl methyl sites for hydroxylation is 1.